The van der Waals surface area contributed by atoms with Gasteiger partial charge in [-0.1, -0.05) is 42.5 Å². The first kappa shape index (κ1) is 22.6. The Balaban J connectivity index is 0.00000300. The van der Waals surface area contributed by atoms with Crippen LogP contribution < -0.4 is 10.6 Å². The van der Waals surface area contributed by atoms with Crippen LogP contribution in [0, 0.1) is 20.8 Å². The van der Waals surface area contributed by atoms with Crippen molar-refractivity contribution in [3.8, 4) is 0 Å². The molecule has 1 amide bonds. The van der Waals surface area contributed by atoms with Crippen LogP contribution >= 0.6 is 12.4 Å². The normalized spacial score (nSPS) is 11.4. The lowest BCUT2D eigenvalue weighted by Crippen LogP contribution is -2.40. The zero-order chi connectivity index (χ0) is 20.1. The number of pyridine rings is 1. The van der Waals surface area contributed by atoms with Gasteiger partial charge in [0.1, 0.15) is 6.04 Å². The highest BCUT2D eigenvalue weighted by Crippen LogP contribution is 2.23. The van der Waals surface area contributed by atoms with E-state index in [2.05, 4.69) is 18.8 Å². The number of halogens is 1. The molecule has 0 saturated carbocycles. The van der Waals surface area contributed by atoms with E-state index in [1.807, 2.05) is 73.8 Å². The van der Waals surface area contributed by atoms with Crippen LogP contribution in [-0.4, -0.2) is 17.4 Å². The van der Waals surface area contributed by atoms with Crippen LogP contribution in [0.5, 0.6) is 0 Å². The van der Waals surface area contributed by atoms with E-state index in [0.29, 0.717) is 13.0 Å². The van der Waals surface area contributed by atoms with Crippen molar-refractivity contribution in [3.63, 3.8) is 0 Å². The SMILES string of the molecule is Cc1ccc(CCN(C(=O)[C@@H](N)c2ccccc2)c2ccc(C)c(C)c2)nc1.Cl. The monoisotopic (exact) mass is 409 g/mol. The Morgan fingerprint density at radius 1 is 1.00 bits per heavy atom. The lowest BCUT2D eigenvalue weighted by Gasteiger charge is -2.27. The third kappa shape index (κ3) is 5.66. The predicted octanol–water partition coefficient (Wildman–Crippen LogP) is 4.70. The number of carbonyl (C=O) groups is 1. The molecule has 0 aliphatic heterocycles. The number of rotatable bonds is 6. The van der Waals surface area contributed by atoms with Gasteiger partial charge in [0, 0.05) is 30.5 Å². The zero-order valence-corrected chi connectivity index (χ0v) is 17.9. The maximum Gasteiger partial charge on any atom is 0.248 e. The fraction of sp³-hybridized carbons (Fsp3) is 0.250. The summed E-state index contributed by atoms with van der Waals surface area (Å²) in [6.45, 7) is 6.66. The number of benzene rings is 2. The Labute approximate surface area is 179 Å². The number of aryl methyl sites for hydroxylation is 3. The van der Waals surface area contributed by atoms with Crippen LogP contribution in [-0.2, 0) is 11.2 Å². The number of anilines is 1. The first-order chi connectivity index (χ1) is 13.5. The van der Waals surface area contributed by atoms with Gasteiger partial charge in [0.15, 0.2) is 0 Å². The van der Waals surface area contributed by atoms with Gasteiger partial charge in [0.05, 0.1) is 0 Å². The molecule has 5 heteroatoms. The Bertz CT molecular complexity index is 942. The Morgan fingerprint density at radius 2 is 1.72 bits per heavy atom. The second-order valence-corrected chi connectivity index (χ2v) is 7.22. The summed E-state index contributed by atoms with van der Waals surface area (Å²) in [6.07, 6.45) is 2.52. The van der Waals surface area contributed by atoms with Gasteiger partial charge in [-0.25, -0.2) is 0 Å². The smallest absolute Gasteiger partial charge is 0.248 e. The third-order valence-corrected chi connectivity index (χ3v) is 5.06. The number of nitrogens with zero attached hydrogens (tertiary/aromatic N) is 2. The second kappa shape index (κ2) is 10.2. The molecule has 0 unspecified atom stereocenters. The maximum absolute atomic E-state index is 13.3. The molecule has 152 valence electrons. The molecule has 4 nitrogen and oxygen atoms in total. The van der Waals surface area contributed by atoms with Gasteiger partial charge < -0.3 is 10.6 Å². The van der Waals surface area contributed by atoms with Crippen molar-refractivity contribution in [1.82, 2.24) is 4.98 Å². The van der Waals surface area contributed by atoms with E-state index in [4.69, 9.17) is 5.73 Å². The number of aromatic nitrogens is 1. The highest BCUT2D eigenvalue weighted by molar-refractivity contribution is 5.97. The number of hydrogen-bond acceptors (Lipinski definition) is 3. The van der Waals surface area contributed by atoms with Crippen molar-refractivity contribution in [3.05, 3.63) is 94.8 Å². The molecule has 1 heterocycles. The summed E-state index contributed by atoms with van der Waals surface area (Å²) in [7, 11) is 0. The Hall–Kier alpha value is -2.69. The first-order valence-corrected chi connectivity index (χ1v) is 9.56. The summed E-state index contributed by atoms with van der Waals surface area (Å²) in [5.41, 5.74) is 12.4. The summed E-state index contributed by atoms with van der Waals surface area (Å²) in [6, 6.07) is 18.9. The van der Waals surface area contributed by atoms with E-state index in [-0.39, 0.29) is 18.3 Å². The molecule has 3 rings (SSSR count). The quantitative estimate of drug-likeness (QED) is 0.641. The first-order valence-electron chi connectivity index (χ1n) is 9.56. The summed E-state index contributed by atoms with van der Waals surface area (Å²) in [5, 5.41) is 0. The Morgan fingerprint density at radius 3 is 2.34 bits per heavy atom. The molecule has 2 aromatic carbocycles. The minimum Gasteiger partial charge on any atom is -0.316 e. The number of hydrogen-bond donors (Lipinski definition) is 1. The van der Waals surface area contributed by atoms with Gasteiger partial charge in [-0.2, -0.15) is 0 Å². The van der Waals surface area contributed by atoms with E-state index in [1.165, 1.54) is 5.56 Å². The highest BCUT2D eigenvalue weighted by atomic mass is 35.5. The largest absolute Gasteiger partial charge is 0.316 e. The molecule has 1 aromatic heterocycles. The van der Waals surface area contributed by atoms with Crippen molar-refractivity contribution in [1.29, 1.82) is 0 Å². The topological polar surface area (TPSA) is 59.2 Å². The highest BCUT2D eigenvalue weighted by Gasteiger charge is 2.24. The number of carbonyl (C=O) groups excluding carboxylic acids is 1. The van der Waals surface area contributed by atoms with Gasteiger partial charge >= 0.3 is 0 Å². The lowest BCUT2D eigenvalue weighted by molar-refractivity contribution is -0.120. The van der Waals surface area contributed by atoms with Gasteiger partial charge in [-0.05, 0) is 61.2 Å². The summed E-state index contributed by atoms with van der Waals surface area (Å²) < 4.78 is 0. The molecule has 0 aliphatic carbocycles. The molecule has 0 fully saturated rings. The Kier molecular flexibility index (Phi) is 7.94. The summed E-state index contributed by atoms with van der Waals surface area (Å²) in [5.74, 6) is -0.110. The van der Waals surface area contributed by atoms with E-state index in [0.717, 1.165) is 28.1 Å². The van der Waals surface area contributed by atoms with E-state index in [1.54, 1.807) is 4.90 Å². The van der Waals surface area contributed by atoms with E-state index >= 15 is 0 Å². The lowest BCUT2D eigenvalue weighted by atomic mass is 10.0. The maximum atomic E-state index is 13.3. The molecule has 3 aromatic rings. The van der Waals surface area contributed by atoms with Crippen LogP contribution in [0.15, 0.2) is 66.9 Å². The number of amides is 1. The van der Waals surface area contributed by atoms with Crippen LogP contribution in [0.2, 0.25) is 0 Å². The van der Waals surface area contributed by atoms with E-state index < -0.39 is 6.04 Å². The average molecular weight is 410 g/mol. The molecule has 0 radical (unpaired) electrons. The molecule has 0 saturated heterocycles. The van der Waals surface area contributed by atoms with Crippen LogP contribution in [0.25, 0.3) is 0 Å². The van der Waals surface area contributed by atoms with Crippen LogP contribution in [0.4, 0.5) is 5.69 Å². The fourth-order valence-electron chi connectivity index (χ4n) is 3.10. The molecular formula is C24H28ClN3O. The minimum absolute atomic E-state index is 0. The van der Waals surface area contributed by atoms with Crippen molar-refractivity contribution >= 4 is 24.0 Å². The van der Waals surface area contributed by atoms with Crippen molar-refractivity contribution in [2.45, 2.75) is 33.2 Å². The molecule has 0 spiro atoms. The predicted molar refractivity (Wildman–Crippen MR) is 122 cm³/mol. The van der Waals surface area contributed by atoms with Crippen LogP contribution in [0.3, 0.4) is 0 Å². The van der Waals surface area contributed by atoms with E-state index in [9.17, 15) is 4.79 Å². The summed E-state index contributed by atoms with van der Waals surface area (Å²) in [4.78, 5) is 19.5. The van der Waals surface area contributed by atoms with Gasteiger partial charge in [-0.3, -0.25) is 9.78 Å². The van der Waals surface area contributed by atoms with Gasteiger partial charge in [0.25, 0.3) is 0 Å². The zero-order valence-electron chi connectivity index (χ0n) is 17.1. The molecule has 29 heavy (non-hydrogen) atoms. The minimum atomic E-state index is -0.700. The third-order valence-electron chi connectivity index (χ3n) is 5.06. The van der Waals surface area contributed by atoms with Crippen molar-refractivity contribution in [2.75, 3.05) is 11.4 Å². The fourth-order valence-corrected chi connectivity index (χ4v) is 3.10. The van der Waals surface area contributed by atoms with Crippen LogP contribution in [0.1, 0.15) is 34.0 Å². The average Bonchev–Trinajstić information content (AvgIpc) is 2.72. The molecular weight excluding hydrogens is 382 g/mol. The van der Waals surface area contributed by atoms with Crippen molar-refractivity contribution < 1.29 is 4.79 Å². The molecule has 2 N–H and O–H groups in total. The van der Waals surface area contributed by atoms with Gasteiger partial charge in [-0.15, -0.1) is 12.4 Å². The van der Waals surface area contributed by atoms with Gasteiger partial charge in [0.2, 0.25) is 5.91 Å². The molecule has 1 atom stereocenters. The number of nitrogens with two attached hydrogens (primary N) is 1. The molecule has 0 aliphatic rings. The molecule has 0 bridgehead atoms. The van der Waals surface area contributed by atoms with Crippen molar-refractivity contribution in [2.24, 2.45) is 5.73 Å². The second-order valence-electron chi connectivity index (χ2n) is 7.22. The standard InChI is InChI=1S/C24H27N3O.ClH/c1-17-9-11-21(26-16-17)13-14-27(22-12-10-18(2)19(3)15-22)24(28)23(25)20-7-5-4-6-8-20;/h4-12,15-16,23H,13-14,25H2,1-3H3;1H/t23-;/m0./s1. The summed E-state index contributed by atoms with van der Waals surface area (Å²) >= 11 is 0.